The minimum Gasteiger partial charge on any atom is -0.495 e. The van der Waals surface area contributed by atoms with E-state index in [-0.39, 0.29) is 11.6 Å². The molecule has 0 atom stereocenters. The lowest BCUT2D eigenvalue weighted by Crippen LogP contribution is -2.14. The van der Waals surface area contributed by atoms with E-state index in [4.69, 9.17) is 16.3 Å². The number of aromatic nitrogens is 2. The van der Waals surface area contributed by atoms with Crippen LogP contribution >= 0.6 is 27.5 Å². The number of rotatable bonds is 3. The molecule has 0 saturated heterocycles. The average Bonchev–Trinajstić information content (AvgIpc) is 2.39. The maximum atomic E-state index is 12.0. The van der Waals surface area contributed by atoms with Gasteiger partial charge in [0, 0.05) is 5.02 Å². The highest BCUT2D eigenvalue weighted by atomic mass is 79.9. The van der Waals surface area contributed by atoms with Gasteiger partial charge >= 0.3 is 0 Å². The van der Waals surface area contributed by atoms with Crippen LogP contribution in [0, 0.1) is 0 Å². The van der Waals surface area contributed by atoms with Gasteiger partial charge in [0.1, 0.15) is 16.0 Å². The van der Waals surface area contributed by atoms with Crippen molar-refractivity contribution in [2.75, 3.05) is 12.4 Å². The van der Waals surface area contributed by atoms with E-state index < -0.39 is 0 Å². The summed E-state index contributed by atoms with van der Waals surface area (Å²) >= 11 is 9.03. The van der Waals surface area contributed by atoms with Crippen LogP contribution in [0.25, 0.3) is 0 Å². The van der Waals surface area contributed by atoms with Crippen molar-refractivity contribution in [3.05, 3.63) is 45.9 Å². The highest BCUT2D eigenvalue weighted by molar-refractivity contribution is 9.10. The van der Waals surface area contributed by atoms with Crippen LogP contribution in [0.15, 0.2) is 35.2 Å². The number of hydrogen-bond acceptors (Lipinski definition) is 4. The number of benzene rings is 1. The molecule has 0 saturated carbocycles. The van der Waals surface area contributed by atoms with Crippen molar-refractivity contribution >= 4 is 39.1 Å². The largest absolute Gasteiger partial charge is 0.495 e. The number of carbonyl (C=O) groups excluding carboxylic acids is 1. The summed E-state index contributed by atoms with van der Waals surface area (Å²) in [5.41, 5.74) is 0.676. The maximum absolute atomic E-state index is 12.0. The Morgan fingerprint density at radius 3 is 2.79 bits per heavy atom. The number of methoxy groups -OCH3 is 1. The Kier molecular flexibility index (Phi) is 4.34. The lowest BCUT2D eigenvalue weighted by molar-refractivity contribution is 0.102. The predicted molar refractivity (Wildman–Crippen MR) is 75.7 cm³/mol. The Bertz CT molecular complexity index is 604. The molecule has 0 spiro atoms. The molecule has 1 aromatic heterocycles. The number of carbonyl (C=O) groups is 1. The molecule has 2 aromatic rings. The van der Waals surface area contributed by atoms with Crippen LogP contribution in [0.3, 0.4) is 0 Å². The number of amides is 1. The van der Waals surface area contributed by atoms with Crippen molar-refractivity contribution in [1.29, 1.82) is 0 Å². The van der Waals surface area contributed by atoms with E-state index in [1.165, 1.54) is 19.5 Å². The molecule has 1 heterocycles. The second-order valence-corrected chi connectivity index (χ2v) is 4.77. The third kappa shape index (κ3) is 3.42. The minimum absolute atomic E-state index is 0.199. The molecule has 0 fully saturated rings. The van der Waals surface area contributed by atoms with Crippen LogP contribution in [0.2, 0.25) is 5.02 Å². The van der Waals surface area contributed by atoms with Crippen LogP contribution < -0.4 is 10.1 Å². The summed E-state index contributed by atoms with van der Waals surface area (Å²) in [7, 11) is 1.51. The van der Waals surface area contributed by atoms with Crippen molar-refractivity contribution in [3.63, 3.8) is 0 Å². The molecule has 1 amide bonds. The Labute approximate surface area is 123 Å². The molecule has 5 nitrogen and oxygen atoms in total. The minimum atomic E-state index is -0.388. The summed E-state index contributed by atoms with van der Waals surface area (Å²) in [5, 5.41) is 3.17. The molecular weight excluding hydrogens is 334 g/mol. The van der Waals surface area contributed by atoms with Gasteiger partial charge < -0.3 is 10.1 Å². The molecule has 1 N–H and O–H groups in total. The highest BCUT2D eigenvalue weighted by Crippen LogP contribution is 2.27. The number of halogens is 2. The van der Waals surface area contributed by atoms with E-state index in [9.17, 15) is 4.79 Å². The molecule has 0 aliphatic rings. The van der Waals surface area contributed by atoms with Crippen molar-refractivity contribution in [2.24, 2.45) is 0 Å². The first kappa shape index (κ1) is 13.8. The van der Waals surface area contributed by atoms with E-state index in [2.05, 4.69) is 31.2 Å². The van der Waals surface area contributed by atoms with Gasteiger partial charge in [-0.2, -0.15) is 0 Å². The maximum Gasteiger partial charge on any atom is 0.275 e. The molecule has 0 bridgehead atoms. The summed E-state index contributed by atoms with van der Waals surface area (Å²) in [4.78, 5) is 19.9. The van der Waals surface area contributed by atoms with E-state index in [0.29, 0.717) is 21.1 Å². The van der Waals surface area contributed by atoms with Gasteiger partial charge in [0.25, 0.3) is 5.91 Å². The van der Waals surface area contributed by atoms with Crippen LogP contribution in [-0.2, 0) is 0 Å². The zero-order chi connectivity index (χ0) is 13.8. The number of hydrogen-bond donors (Lipinski definition) is 1. The summed E-state index contributed by atoms with van der Waals surface area (Å²) in [5.74, 6) is 0.128. The fourth-order valence-electron chi connectivity index (χ4n) is 1.39. The average molecular weight is 343 g/mol. The molecule has 2 rings (SSSR count). The van der Waals surface area contributed by atoms with Gasteiger partial charge in [0.05, 0.1) is 25.2 Å². The van der Waals surface area contributed by atoms with Gasteiger partial charge in [-0.15, -0.1) is 0 Å². The quantitative estimate of drug-likeness (QED) is 0.930. The first-order chi connectivity index (χ1) is 9.10. The van der Waals surface area contributed by atoms with E-state index in [0.717, 1.165) is 0 Å². The van der Waals surface area contributed by atoms with Crippen LogP contribution in [0.1, 0.15) is 10.5 Å². The van der Waals surface area contributed by atoms with Crippen LogP contribution in [0.4, 0.5) is 5.69 Å². The van der Waals surface area contributed by atoms with Crippen molar-refractivity contribution in [3.8, 4) is 5.75 Å². The zero-order valence-electron chi connectivity index (χ0n) is 9.85. The highest BCUT2D eigenvalue weighted by Gasteiger charge is 2.11. The van der Waals surface area contributed by atoms with Gasteiger partial charge in [0.15, 0.2) is 0 Å². The van der Waals surface area contributed by atoms with Gasteiger partial charge in [0.2, 0.25) is 0 Å². The van der Waals surface area contributed by atoms with Gasteiger partial charge in [-0.3, -0.25) is 4.79 Å². The molecule has 19 heavy (non-hydrogen) atoms. The topological polar surface area (TPSA) is 64.1 Å². The molecule has 98 valence electrons. The lowest BCUT2D eigenvalue weighted by Gasteiger charge is -2.10. The Hall–Kier alpha value is -1.66. The molecule has 0 aliphatic carbocycles. The summed E-state index contributed by atoms with van der Waals surface area (Å²) < 4.78 is 5.70. The van der Waals surface area contributed by atoms with Crippen molar-refractivity contribution in [2.45, 2.75) is 0 Å². The molecule has 7 heteroatoms. The van der Waals surface area contributed by atoms with Crippen LogP contribution in [-0.4, -0.2) is 23.0 Å². The third-order valence-corrected chi connectivity index (χ3v) is 2.91. The SMILES string of the molecule is COc1ccc(Cl)cc1NC(=O)c1cnc(Br)cn1. The van der Waals surface area contributed by atoms with Crippen molar-refractivity contribution in [1.82, 2.24) is 9.97 Å². The molecule has 0 unspecified atom stereocenters. The molecule has 1 aromatic carbocycles. The summed E-state index contributed by atoms with van der Waals surface area (Å²) in [6, 6.07) is 4.95. The number of anilines is 1. The van der Waals surface area contributed by atoms with Crippen molar-refractivity contribution < 1.29 is 9.53 Å². The Balaban J connectivity index is 2.23. The molecular formula is C12H9BrClN3O2. The summed E-state index contributed by atoms with van der Waals surface area (Å²) in [6.45, 7) is 0. The normalized spacial score (nSPS) is 10.1. The third-order valence-electron chi connectivity index (χ3n) is 2.26. The Morgan fingerprint density at radius 1 is 1.37 bits per heavy atom. The van der Waals surface area contributed by atoms with E-state index in [1.54, 1.807) is 18.2 Å². The Morgan fingerprint density at radius 2 is 2.16 bits per heavy atom. The lowest BCUT2D eigenvalue weighted by atomic mass is 10.3. The predicted octanol–water partition coefficient (Wildman–Crippen LogP) is 3.15. The van der Waals surface area contributed by atoms with E-state index >= 15 is 0 Å². The number of nitrogens with zero attached hydrogens (tertiary/aromatic N) is 2. The van der Waals surface area contributed by atoms with Gasteiger partial charge in [-0.25, -0.2) is 9.97 Å². The fraction of sp³-hybridized carbons (Fsp3) is 0.0833. The summed E-state index contributed by atoms with van der Waals surface area (Å²) in [6.07, 6.45) is 2.82. The number of ether oxygens (including phenoxy) is 1. The second kappa shape index (κ2) is 5.99. The first-order valence-electron chi connectivity index (χ1n) is 5.22. The van der Waals surface area contributed by atoms with Gasteiger partial charge in [-0.05, 0) is 34.1 Å². The molecule has 0 aliphatic heterocycles. The molecule has 0 radical (unpaired) electrons. The van der Waals surface area contributed by atoms with Crippen LogP contribution in [0.5, 0.6) is 5.75 Å². The van der Waals surface area contributed by atoms with Gasteiger partial charge in [-0.1, -0.05) is 11.6 Å². The monoisotopic (exact) mass is 341 g/mol. The standard InChI is InChI=1S/C12H9BrClN3O2/c1-19-10-3-2-7(14)4-8(10)17-12(18)9-5-16-11(13)6-15-9/h2-6H,1H3,(H,17,18). The smallest absolute Gasteiger partial charge is 0.275 e. The fourth-order valence-corrected chi connectivity index (χ4v) is 1.77. The number of nitrogens with one attached hydrogen (secondary N) is 1. The first-order valence-corrected chi connectivity index (χ1v) is 6.39. The van der Waals surface area contributed by atoms with E-state index in [1.807, 2.05) is 0 Å². The zero-order valence-corrected chi connectivity index (χ0v) is 12.2. The second-order valence-electron chi connectivity index (χ2n) is 3.52.